The number of anilines is 1. The fourth-order valence-corrected chi connectivity index (χ4v) is 2.66. The molecule has 3 heterocycles. The third-order valence-electron chi connectivity index (χ3n) is 3.81. The Morgan fingerprint density at radius 3 is 3.10 bits per heavy atom. The first kappa shape index (κ1) is 14.0. The third kappa shape index (κ3) is 2.77. The first-order valence-electron chi connectivity index (χ1n) is 7.20. The summed E-state index contributed by atoms with van der Waals surface area (Å²) in [6.07, 6.45) is 4.69. The van der Waals surface area contributed by atoms with E-state index >= 15 is 0 Å². The van der Waals surface area contributed by atoms with Crippen LogP contribution in [0, 0.1) is 0 Å². The van der Waals surface area contributed by atoms with Gasteiger partial charge in [0.05, 0.1) is 11.7 Å². The number of aromatic nitrogens is 2. The molecule has 3 rings (SSSR count). The van der Waals surface area contributed by atoms with E-state index in [-0.39, 0.29) is 5.91 Å². The summed E-state index contributed by atoms with van der Waals surface area (Å²) in [5.74, 6) is 0.396. The number of nitrogens with zero attached hydrogens (tertiary/aromatic N) is 1. The summed E-state index contributed by atoms with van der Waals surface area (Å²) in [4.78, 5) is 19.9. The molecule has 21 heavy (non-hydrogen) atoms. The number of hydrogen-bond acceptors (Lipinski definition) is 4. The van der Waals surface area contributed by atoms with Crippen LogP contribution in [0.2, 0.25) is 0 Å². The van der Waals surface area contributed by atoms with E-state index in [1.807, 2.05) is 25.3 Å². The lowest BCUT2D eigenvalue weighted by Gasteiger charge is -2.35. The van der Waals surface area contributed by atoms with E-state index in [1.165, 1.54) is 0 Å². The minimum absolute atomic E-state index is 0.143. The van der Waals surface area contributed by atoms with Crippen molar-refractivity contribution in [1.29, 1.82) is 0 Å². The zero-order valence-electron chi connectivity index (χ0n) is 12.0. The van der Waals surface area contributed by atoms with Crippen LogP contribution in [0.5, 0.6) is 0 Å². The van der Waals surface area contributed by atoms with Gasteiger partial charge in [0.15, 0.2) is 5.60 Å². The van der Waals surface area contributed by atoms with Crippen LogP contribution in [0.4, 0.5) is 5.82 Å². The molecule has 1 amide bonds. The molecule has 1 aliphatic heterocycles. The van der Waals surface area contributed by atoms with Gasteiger partial charge in [-0.15, -0.1) is 0 Å². The lowest BCUT2D eigenvalue weighted by Crippen LogP contribution is -2.49. The first-order chi connectivity index (χ1) is 10.2. The van der Waals surface area contributed by atoms with Crippen LogP contribution in [0.25, 0.3) is 10.9 Å². The van der Waals surface area contributed by atoms with Crippen LogP contribution < -0.4 is 5.32 Å². The third-order valence-corrected chi connectivity index (χ3v) is 3.81. The second-order valence-corrected chi connectivity index (χ2v) is 5.13. The summed E-state index contributed by atoms with van der Waals surface area (Å²) in [5.41, 5.74) is 0.139. The number of ether oxygens (including phenoxy) is 2. The maximum Gasteiger partial charge on any atom is 0.257 e. The van der Waals surface area contributed by atoms with Gasteiger partial charge in [0.2, 0.25) is 0 Å². The number of carbonyl (C=O) groups excluding carboxylic acids is 1. The van der Waals surface area contributed by atoms with E-state index < -0.39 is 5.60 Å². The van der Waals surface area contributed by atoms with E-state index in [9.17, 15) is 4.79 Å². The van der Waals surface area contributed by atoms with Gasteiger partial charge in [-0.25, -0.2) is 4.98 Å². The standard InChI is InChI=1S/C15H19N3O3/c1-2-21-15(4-7-20-8-5-15)14(19)18-13-9-11-3-6-16-12(11)10-17-13/h3,6,9-10,16H,2,4-5,7-8H2,1H3,(H,17,18,19). The molecular weight excluding hydrogens is 270 g/mol. The summed E-state index contributed by atoms with van der Waals surface area (Å²) in [6, 6.07) is 3.79. The lowest BCUT2D eigenvalue weighted by molar-refractivity contribution is -0.154. The zero-order chi connectivity index (χ0) is 14.7. The predicted octanol–water partition coefficient (Wildman–Crippen LogP) is 2.09. The van der Waals surface area contributed by atoms with E-state index in [1.54, 1.807) is 6.20 Å². The Morgan fingerprint density at radius 1 is 1.52 bits per heavy atom. The molecule has 2 aromatic heterocycles. The van der Waals surface area contributed by atoms with Crippen LogP contribution in [0.15, 0.2) is 24.5 Å². The molecule has 1 fully saturated rings. The van der Waals surface area contributed by atoms with Gasteiger partial charge in [-0.3, -0.25) is 4.79 Å². The van der Waals surface area contributed by atoms with Crippen molar-refractivity contribution >= 4 is 22.6 Å². The van der Waals surface area contributed by atoms with Crippen molar-refractivity contribution in [3.8, 4) is 0 Å². The Kier molecular flexibility index (Phi) is 3.90. The molecule has 0 aliphatic carbocycles. The molecule has 6 heteroatoms. The Balaban J connectivity index is 1.79. The van der Waals surface area contributed by atoms with Crippen molar-refractivity contribution in [2.75, 3.05) is 25.1 Å². The molecule has 0 saturated carbocycles. The van der Waals surface area contributed by atoms with Gasteiger partial charge in [-0.1, -0.05) is 0 Å². The SMILES string of the molecule is CCOC1(C(=O)Nc2cc3cc[nH]c3cn2)CCOCC1. The Morgan fingerprint density at radius 2 is 2.33 bits per heavy atom. The number of amides is 1. The highest BCUT2D eigenvalue weighted by atomic mass is 16.5. The number of fused-ring (bicyclic) bond motifs is 1. The van der Waals surface area contributed by atoms with Gasteiger partial charge < -0.3 is 19.8 Å². The minimum Gasteiger partial charge on any atom is -0.381 e. The molecule has 0 spiro atoms. The number of pyridine rings is 1. The molecule has 2 N–H and O–H groups in total. The Hall–Kier alpha value is -1.92. The number of carbonyl (C=O) groups is 1. The quantitative estimate of drug-likeness (QED) is 0.903. The van der Waals surface area contributed by atoms with Crippen molar-refractivity contribution in [3.63, 3.8) is 0 Å². The monoisotopic (exact) mass is 289 g/mol. The Labute approximate surface area is 122 Å². The van der Waals surface area contributed by atoms with Crippen LogP contribution in [-0.4, -0.2) is 41.3 Å². The van der Waals surface area contributed by atoms with Gasteiger partial charge in [0.1, 0.15) is 5.82 Å². The smallest absolute Gasteiger partial charge is 0.257 e. The van der Waals surface area contributed by atoms with Gasteiger partial charge in [-0.2, -0.15) is 0 Å². The van der Waals surface area contributed by atoms with E-state index in [4.69, 9.17) is 9.47 Å². The number of H-pyrrole nitrogens is 1. The average Bonchev–Trinajstić information content (AvgIpc) is 2.96. The van der Waals surface area contributed by atoms with Crippen LogP contribution in [0.3, 0.4) is 0 Å². The molecule has 2 aromatic rings. The van der Waals surface area contributed by atoms with E-state index in [2.05, 4.69) is 15.3 Å². The molecule has 0 atom stereocenters. The highest BCUT2D eigenvalue weighted by Gasteiger charge is 2.41. The fourth-order valence-electron chi connectivity index (χ4n) is 2.66. The van der Waals surface area contributed by atoms with E-state index in [0.29, 0.717) is 38.5 Å². The van der Waals surface area contributed by atoms with Gasteiger partial charge in [0.25, 0.3) is 5.91 Å². The van der Waals surface area contributed by atoms with Crippen LogP contribution in [-0.2, 0) is 14.3 Å². The molecule has 0 aromatic carbocycles. The summed E-state index contributed by atoms with van der Waals surface area (Å²) < 4.78 is 11.1. The molecule has 0 bridgehead atoms. The van der Waals surface area contributed by atoms with Crippen molar-refractivity contribution in [2.45, 2.75) is 25.4 Å². The lowest BCUT2D eigenvalue weighted by atomic mass is 9.93. The van der Waals surface area contributed by atoms with Crippen LogP contribution >= 0.6 is 0 Å². The zero-order valence-corrected chi connectivity index (χ0v) is 12.0. The Bertz CT molecular complexity index is 626. The van der Waals surface area contributed by atoms with Crippen molar-refractivity contribution in [1.82, 2.24) is 9.97 Å². The van der Waals surface area contributed by atoms with Gasteiger partial charge >= 0.3 is 0 Å². The number of rotatable bonds is 4. The minimum atomic E-state index is -0.804. The van der Waals surface area contributed by atoms with Crippen molar-refractivity contribution in [3.05, 3.63) is 24.5 Å². The second kappa shape index (κ2) is 5.83. The summed E-state index contributed by atoms with van der Waals surface area (Å²) in [6.45, 7) is 3.47. The maximum absolute atomic E-state index is 12.6. The molecule has 1 aliphatic rings. The summed E-state index contributed by atoms with van der Waals surface area (Å²) in [7, 11) is 0. The summed E-state index contributed by atoms with van der Waals surface area (Å²) in [5, 5.41) is 3.89. The highest BCUT2D eigenvalue weighted by molar-refractivity contribution is 5.98. The largest absolute Gasteiger partial charge is 0.381 e. The van der Waals surface area contributed by atoms with Crippen molar-refractivity contribution in [2.24, 2.45) is 0 Å². The summed E-state index contributed by atoms with van der Waals surface area (Å²) >= 11 is 0. The average molecular weight is 289 g/mol. The van der Waals surface area contributed by atoms with Crippen LogP contribution in [0.1, 0.15) is 19.8 Å². The highest BCUT2D eigenvalue weighted by Crippen LogP contribution is 2.27. The normalized spacial score (nSPS) is 17.8. The number of aromatic amines is 1. The fraction of sp³-hybridized carbons (Fsp3) is 0.467. The van der Waals surface area contributed by atoms with Crippen molar-refractivity contribution < 1.29 is 14.3 Å². The molecule has 0 unspecified atom stereocenters. The van der Waals surface area contributed by atoms with E-state index in [0.717, 1.165) is 10.9 Å². The molecule has 1 saturated heterocycles. The van der Waals surface area contributed by atoms with Gasteiger partial charge in [-0.05, 0) is 19.1 Å². The second-order valence-electron chi connectivity index (χ2n) is 5.13. The maximum atomic E-state index is 12.6. The number of hydrogen-bond donors (Lipinski definition) is 2. The molecule has 0 radical (unpaired) electrons. The molecular formula is C15H19N3O3. The molecule has 112 valence electrons. The van der Waals surface area contributed by atoms with Gasteiger partial charge in [0, 0.05) is 44.2 Å². The first-order valence-corrected chi connectivity index (χ1v) is 7.20. The topological polar surface area (TPSA) is 76.2 Å². The predicted molar refractivity (Wildman–Crippen MR) is 79.1 cm³/mol. The number of nitrogens with one attached hydrogen (secondary N) is 2. The molecule has 6 nitrogen and oxygen atoms in total.